The number of nitrogens with one attached hydrogen (secondary N) is 1. The number of primary amides is 1. The smallest absolute Gasteiger partial charge is 0.220 e. The van der Waals surface area contributed by atoms with Gasteiger partial charge in [-0.1, -0.05) is 27.7 Å². The second-order valence-electron chi connectivity index (χ2n) is 5.13. The fraction of sp³-hybridized carbons (Fsp3) is 0.933. The molecule has 19 heavy (non-hydrogen) atoms. The number of amides is 1. The molecule has 0 aliphatic rings. The van der Waals surface area contributed by atoms with Gasteiger partial charge in [0.15, 0.2) is 0 Å². The molecule has 0 spiro atoms. The van der Waals surface area contributed by atoms with Crippen LogP contribution < -0.4 is 11.1 Å². The lowest BCUT2D eigenvalue weighted by Gasteiger charge is -2.31. The first-order valence-corrected chi connectivity index (χ1v) is 7.84. The lowest BCUT2D eigenvalue weighted by molar-refractivity contribution is -0.122. The van der Waals surface area contributed by atoms with Crippen molar-refractivity contribution in [3.63, 3.8) is 0 Å². The first-order valence-electron chi connectivity index (χ1n) is 7.84. The van der Waals surface area contributed by atoms with Crippen molar-refractivity contribution in [3.05, 3.63) is 0 Å². The summed E-state index contributed by atoms with van der Waals surface area (Å²) in [5.41, 5.74) is 5.41. The molecule has 0 aromatic rings. The Bertz CT molecular complexity index is 233. The molecule has 0 rings (SSSR count). The third-order valence-electron chi connectivity index (χ3n) is 3.96. The maximum atomic E-state index is 11.3. The van der Waals surface area contributed by atoms with Gasteiger partial charge in [0.2, 0.25) is 5.91 Å². The van der Waals surface area contributed by atoms with Crippen molar-refractivity contribution in [1.82, 2.24) is 10.2 Å². The molecule has 0 aromatic carbocycles. The molecule has 2 atom stereocenters. The first-order chi connectivity index (χ1) is 9.10. The summed E-state index contributed by atoms with van der Waals surface area (Å²) in [4.78, 5) is 13.8. The highest BCUT2D eigenvalue weighted by Gasteiger charge is 2.18. The zero-order valence-electron chi connectivity index (χ0n) is 13.2. The zero-order valence-corrected chi connectivity index (χ0v) is 13.2. The lowest BCUT2D eigenvalue weighted by atomic mass is 10.0. The quantitative estimate of drug-likeness (QED) is 0.534. The van der Waals surface area contributed by atoms with Crippen molar-refractivity contribution in [2.45, 2.75) is 59.4 Å². The predicted octanol–water partition coefficient (Wildman–Crippen LogP) is 1.99. The van der Waals surface area contributed by atoms with E-state index in [1.165, 1.54) is 6.42 Å². The topological polar surface area (TPSA) is 58.4 Å². The zero-order chi connectivity index (χ0) is 14.7. The van der Waals surface area contributed by atoms with Crippen LogP contribution in [0.1, 0.15) is 53.4 Å². The molecule has 0 radical (unpaired) electrons. The Morgan fingerprint density at radius 1 is 1.16 bits per heavy atom. The van der Waals surface area contributed by atoms with Crippen molar-refractivity contribution in [2.75, 3.05) is 26.2 Å². The molecular formula is C15H33N3O. The van der Waals surface area contributed by atoms with E-state index < -0.39 is 0 Å². The number of hydrogen-bond donors (Lipinski definition) is 2. The average Bonchev–Trinajstić information content (AvgIpc) is 2.40. The number of rotatable bonds is 12. The number of nitrogens with zero attached hydrogens (tertiary/aromatic N) is 1. The van der Waals surface area contributed by atoms with Gasteiger partial charge in [-0.3, -0.25) is 4.79 Å². The minimum absolute atomic E-state index is 0.0281. The van der Waals surface area contributed by atoms with Crippen LogP contribution in [0.3, 0.4) is 0 Å². The normalized spacial score (nSPS) is 14.6. The fourth-order valence-electron chi connectivity index (χ4n) is 2.56. The Kier molecular flexibility index (Phi) is 10.9. The molecule has 1 amide bonds. The van der Waals surface area contributed by atoms with E-state index in [0.717, 1.165) is 45.4 Å². The van der Waals surface area contributed by atoms with Crippen molar-refractivity contribution in [2.24, 2.45) is 11.7 Å². The van der Waals surface area contributed by atoms with E-state index in [9.17, 15) is 4.79 Å². The third kappa shape index (κ3) is 7.53. The average molecular weight is 271 g/mol. The van der Waals surface area contributed by atoms with Crippen molar-refractivity contribution < 1.29 is 4.79 Å². The maximum Gasteiger partial charge on any atom is 0.220 e. The van der Waals surface area contributed by atoms with E-state index in [1.807, 2.05) is 6.92 Å². The summed E-state index contributed by atoms with van der Waals surface area (Å²) >= 11 is 0. The summed E-state index contributed by atoms with van der Waals surface area (Å²) in [5, 5.41) is 3.39. The molecule has 0 saturated carbocycles. The summed E-state index contributed by atoms with van der Waals surface area (Å²) in [5.74, 6) is -0.125. The summed E-state index contributed by atoms with van der Waals surface area (Å²) < 4.78 is 0. The number of carbonyl (C=O) groups is 1. The maximum absolute atomic E-state index is 11.3. The largest absolute Gasteiger partial charge is 0.369 e. The van der Waals surface area contributed by atoms with Gasteiger partial charge in [-0.05, 0) is 51.9 Å². The first kappa shape index (κ1) is 18.4. The summed E-state index contributed by atoms with van der Waals surface area (Å²) in [6, 6.07) is 0.606. The molecular weight excluding hydrogens is 238 g/mol. The van der Waals surface area contributed by atoms with Crippen LogP contribution in [0.15, 0.2) is 0 Å². The SMILES string of the molecule is CCNCCC(CC)N(CC)CCC(CC)C(N)=O. The van der Waals surface area contributed by atoms with Gasteiger partial charge in [-0.15, -0.1) is 0 Å². The second-order valence-corrected chi connectivity index (χ2v) is 5.13. The van der Waals surface area contributed by atoms with Gasteiger partial charge in [-0.2, -0.15) is 0 Å². The Morgan fingerprint density at radius 3 is 2.26 bits per heavy atom. The molecule has 0 bridgehead atoms. The van der Waals surface area contributed by atoms with Crippen LogP contribution >= 0.6 is 0 Å². The van der Waals surface area contributed by atoms with Crippen LogP contribution in [0.2, 0.25) is 0 Å². The molecule has 0 saturated heterocycles. The standard InChI is InChI=1S/C15H33N3O/c1-5-13(15(16)19)10-12-18(8-4)14(6-2)9-11-17-7-3/h13-14,17H,5-12H2,1-4H3,(H2,16,19). The van der Waals surface area contributed by atoms with Crippen molar-refractivity contribution in [3.8, 4) is 0 Å². The number of hydrogen-bond acceptors (Lipinski definition) is 3. The highest BCUT2D eigenvalue weighted by molar-refractivity contribution is 5.76. The molecule has 0 aromatic heterocycles. The number of carbonyl (C=O) groups excluding carboxylic acids is 1. The van der Waals surface area contributed by atoms with Gasteiger partial charge < -0.3 is 16.0 Å². The van der Waals surface area contributed by atoms with Crippen molar-refractivity contribution >= 4 is 5.91 Å². The molecule has 3 N–H and O–H groups in total. The van der Waals surface area contributed by atoms with Crippen LogP contribution in [0, 0.1) is 5.92 Å². The highest BCUT2D eigenvalue weighted by atomic mass is 16.1. The molecule has 0 fully saturated rings. The van der Waals surface area contributed by atoms with Crippen LogP contribution in [-0.4, -0.2) is 43.0 Å². The lowest BCUT2D eigenvalue weighted by Crippen LogP contribution is -2.39. The van der Waals surface area contributed by atoms with E-state index in [4.69, 9.17) is 5.73 Å². The van der Waals surface area contributed by atoms with Crippen LogP contribution in [-0.2, 0) is 4.79 Å². The van der Waals surface area contributed by atoms with Gasteiger partial charge >= 0.3 is 0 Å². The Balaban J connectivity index is 4.24. The van der Waals surface area contributed by atoms with Gasteiger partial charge in [0.25, 0.3) is 0 Å². The Labute approximate surface area is 119 Å². The summed E-state index contributed by atoms with van der Waals surface area (Å²) in [6.07, 6.45) is 4.07. The highest BCUT2D eigenvalue weighted by Crippen LogP contribution is 2.13. The number of nitrogens with two attached hydrogens (primary N) is 1. The minimum atomic E-state index is -0.153. The predicted molar refractivity (Wildman–Crippen MR) is 82.1 cm³/mol. The van der Waals surface area contributed by atoms with Crippen LogP contribution in [0.5, 0.6) is 0 Å². The Hall–Kier alpha value is -0.610. The molecule has 114 valence electrons. The molecule has 4 heteroatoms. The second kappa shape index (κ2) is 11.2. The summed E-state index contributed by atoms with van der Waals surface area (Å²) in [6.45, 7) is 12.7. The molecule has 4 nitrogen and oxygen atoms in total. The molecule has 0 heterocycles. The monoisotopic (exact) mass is 271 g/mol. The van der Waals surface area contributed by atoms with E-state index in [0.29, 0.717) is 6.04 Å². The van der Waals surface area contributed by atoms with Gasteiger partial charge in [0, 0.05) is 12.0 Å². The molecule has 0 aliphatic heterocycles. The molecule has 2 unspecified atom stereocenters. The van der Waals surface area contributed by atoms with E-state index in [-0.39, 0.29) is 11.8 Å². The van der Waals surface area contributed by atoms with Gasteiger partial charge in [0.05, 0.1) is 0 Å². The third-order valence-corrected chi connectivity index (χ3v) is 3.96. The fourth-order valence-corrected chi connectivity index (χ4v) is 2.56. The summed E-state index contributed by atoms with van der Waals surface area (Å²) in [7, 11) is 0. The minimum Gasteiger partial charge on any atom is -0.369 e. The van der Waals surface area contributed by atoms with E-state index in [1.54, 1.807) is 0 Å². The van der Waals surface area contributed by atoms with Crippen LogP contribution in [0.4, 0.5) is 0 Å². The van der Waals surface area contributed by atoms with Gasteiger partial charge in [0.1, 0.15) is 0 Å². The van der Waals surface area contributed by atoms with E-state index in [2.05, 4.69) is 31.0 Å². The van der Waals surface area contributed by atoms with Crippen molar-refractivity contribution in [1.29, 1.82) is 0 Å². The van der Waals surface area contributed by atoms with E-state index >= 15 is 0 Å². The Morgan fingerprint density at radius 2 is 1.84 bits per heavy atom. The molecule has 0 aliphatic carbocycles. The van der Waals surface area contributed by atoms with Crippen LogP contribution in [0.25, 0.3) is 0 Å². The van der Waals surface area contributed by atoms with Gasteiger partial charge in [-0.25, -0.2) is 0 Å².